The maximum absolute atomic E-state index is 14.3. The first kappa shape index (κ1) is 23.9. The van der Waals surface area contributed by atoms with E-state index in [1.165, 1.54) is 6.07 Å². The van der Waals surface area contributed by atoms with Gasteiger partial charge in [0.15, 0.2) is 11.6 Å². The summed E-state index contributed by atoms with van der Waals surface area (Å²) in [5.41, 5.74) is 3.13. The number of amides is 1. The third-order valence-electron chi connectivity index (χ3n) is 3.95. The van der Waals surface area contributed by atoms with E-state index in [1.807, 2.05) is 34.6 Å². The molecule has 0 radical (unpaired) electrons. The van der Waals surface area contributed by atoms with Crippen LogP contribution < -0.4 is 10.8 Å². The normalized spacial score (nSPS) is 11.3. The number of halogens is 3. The minimum absolute atomic E-state index is 0.0929. The Balaban J connectivity index is 0.00000190. The van der Waals surface area contributed by atoms with Crippen LogP contribution in [0.1, 0.15) is 50.0 Å². The van der Waals surface area contributed by atoms with E-state index >= 15 is 0 Å². The van der Waals surface area contributed by atoms with E-state index in [4.69, 9.17) is 16.4 Å². The second-order valence-electron chi connectivity index (χ2n) is 6.15. The monoisotopic (exact) mass is 412 g/mol. The van der Waals surface area contributed by atoms with Crippen LogP contribution in [-0.2, 0) is 4.84 Å². The van der Waals surface area contributed by atoms with E-state index in [9.17, 15) is 13.6 Å². The van der Waals surface area contributed by atoms with Gasteiger partial charge in [0, 0.05) is 0 Å². The summed E-state index contributed by atoms with van der Waals surface area (Å²) in [7, 11) is 0. The highest BCUT2D eigenvalue weighted by atomic mass is 35.5. The molecule has 0 bridgehead atoms. The lowest BCUT2D eigenvalue weighted by molar-refractivity contribution is 0.0182. The molecular formula is C21H27ClF2N2O2. The molecule has 0 saturated heterocycles. The highest BCUT2D eigenvalue weighted by molar-refractivity contribution is 6.33. The third-order valence-corrected chi connectivity index (χ3v) is 4.27. The highest BCUT2D eigenvalue weighted by Gasteiger charge is 2.20. The van der Waals surface area contributed by atoms with Crippen LogP contribution in [0.4, 0.5) is 20.2 Å². The standard InChI is InChI=1S/C19H21ClF2N2O2.C2H6/c1-4-11(2)10-26-24-19(25)13-6-7-15(21)17(22)18(13)23-16-8-5-12(3)9-14(16)20;1-2/h5-9,11,23H,4,10H2,1-3H3,(H,24,25);1-2H3. The zero-order valence-electron chi connectivity index (χ0n) is 16.8. The Morgan fingerprint density at radius 3 is 2.50 bits per heavy atom. The van der Waals surface area contributed by atoms with Gasteiger partial charge in [0.2, 0.25) is 0 Å². The molecule has 28 heavy (non-hydrogen) atoms. The van der Waals surface area contributed by atoms with Crippen molar-refractivity contribution in [1.29, 1.82) is 0 Å². The van der Waals surface area contributed by atoms with Crippen LogP contribution in [0, 0.1) is 24.5 Å². The van der Waals surface area contributed by atoms with Gasteiger partial charge in [-0.3, -0.25) is 9.63 Å². The van der Waals surface area contributed by atoms with Gasteiger partial charge in [-0.15, -0.1) is 0 Å². The first-order valence-electron chi connectivity index (χ1n) is 9.26. The summed E-state index contributed by atoms with van der Waals surface area (Å²) in [5, 5.41) is 3.03. The number of benzene rings is 2. The molecular weight excluding hydrogens is 386 g/mol. The maximum atomic E-state index is 14.3. The van der Waals surface area contributed by atoms with Crippen molar-refractivity contribution in [2.45, 2.75) is 41.0 Å². The van der Waals surface area contributed by atoms with Gasteiger partial charge in [-0.2, -0.15) is 0 Å². The molecule has 0 fully saturated rings. The van der Waals surface area contributed by atoms with Crippen LogP contribution >= 0.6 is 11.6 Å². The number of hydrogen-bond acceptors (Lipinski definition) is 3. The minimum Gasteiger partial charge on any atom is -0.351 e. The van der Waals surface area contributed by atoms with Gasteiger partial charge in [-0.1, -0.05) is 51.8 Å². The number of carbonyl (C=O) groups excluding carboxylic acids is 1. The van der Waals surface area contributed by atoms with Crippen molar-refractivity contribution < 1.29 is 18.4 Å². The van der Waals surface area contributed by atoms with Gasteiger partial charge in [0.25, 0.3) is 5.91 Å². The van der Waals surface area contributed by atoms with Crippen LogP contribution in [0.5, 0.6) is 0 Å². The summed E-state index contributed by atoms with van der Waals surface area (Å²) in [5.74, 6) is -2.67. The third kappa shape index (κ3) is 6.46. The smallest absolute Gasteiger partial charge is 0.277 e. The number of rotatable bonds is 7. The number of nitrogens with one attached hydrogen (secondary N) is 2. The topological polar surface area (TPSA) is 50.4 Å². The van der Waals surface area contributed by atoms with E-state index in [1.54, 1.807) is 18.2 Å². The summed E-state index contributed by atoms with van der Waals surface area (Å²) in [4.78, 5) is 17.5. The fourth-order valence-electron chi connectivity index (χ4n) is 2.14. The summed E-state index contributed by atoms with van der Waals surface area (Å²) in [6.07, 6.45) is 0.889. The predicted molar refractivity (Wildman–Crippen MR) is 110 cm³/mol. The number of carbonyl (C=O) groups is 1. The van der Waals surface area contributed by atoms with Crippen LogP contribution in [-0.4, -0.2) is 12.5 Å². The van der Waals surface area contributed by atoms with Gasteiger partial charge < -0.3 is 5.32 Å². The number of anilines is 2. The molecule has 0 aromatic heterocycles. The summed E-state index contributed by atoms with van der Waals surface area (Å²) in [6, 6.07) is 7.14. The zero-order chi connectivity index (χ0) is 21.3. The molecule has 2 rings (SSSR count). The van der Waals surface area contributed by atoms with Gasteiger partial charge >= 0.3 is 0 Å². The summed E-state index contributed by atoms with van der Waals surface area (Å²) in [6.45, 7) is 10.1. The van der Waals surface area contributed by atoms with Gasteiger partial charge in [0.1, 0.15) is 0 Å². The van der Waals surface area contributed by atoms with Gasteiger partial charge in [0.05, 0.1) is 28.6 Å². The van der Waals surface area contributed by atoms with Crippen molar-refractivity contribution in [2.24, 2.45) is 5.92 Å². The Morgan fingerprint density at radius 2 is 1.89 bits per heavy atom. The predicted octanol–water partition coefficient (Wildman–Crippen LogP) is 6.40. The number of hydrogen-bond donors (Lipinski definition) is 2. The van der Waals surface area contributed by atoms with E-state index < -0.39 is 17.5 Å². The van der Waals surface area contributed by atoms with Crippen molar-refractivity contribution in [2.75, 3.05) is 11.9 Å². The van der Waals surface area contributed by atoms with Crippen molar-refractivity contribution in [1.82, 2.24) is 5.48 Å². The number of aryl methyl sites for hydroxylation is 1. The second kappa shape index (κ2) is 11.6. The van der Waals surface area contributed by atoms with Crippen LogP contribution in [0.3, 0.4) is 0 Å². The molecule has 1 atom stereocenters. The average Bonchev–Trinajstić information content (AvgIpc) is 2.68. The molecule has 1 amide bonds. The Morgan fingerprint density at radius 1 is 1.21 bits per heavy atom. The SMILES string of the molecule is CC.CCC(C)CONC(=O)c1ccc(F)c(F)c1Nc1ccc(C)cc1Cl. The molecule has 1 unspecified atom stereocenters. The quantitative estimate of drug-likeness (QED) is 0.517. The summed E-state index contributed by atoms with van der Waals surface area (Å²) < 4.78 is 28.0. The lowest BCUT2D eigenvalue weighted by atomic mass is 10.1. The number of hydroxylamine groups is 1. The molecule has 0 saturated carbocycles. The van der Waals surface area contributed by atoms with Gasteiger partial charge in [-0.05, 0) is 42.7 Å². The molecule has 0 heterocycles. The Bertz CT molecular complexity index is 800. The van der Waals surface area contributed by atoms with E-state index in [-0.39, 0.29) is 17.2 Å². The largest absolute Gasteiger partial charge is 0.351 e. The lowest BCUT2D eigenvalue weighted by Gasteiger charge is -2.15. The van der Waals surface area contributed by atoms with Crippen molar-refractivity contribution in [3.8, 4) is 0 Å². The summed E-state index contributed by atoms with van der Waals surface area (Å²) >= 11 is 6.13. The van der Waals surface area contributed by atoms with Crippen LogP contribution in [0.25, 0.3) is 0 Å². The highest BCUT2D eigenvalue weighted by Crippen LogP contribution is 2.31. The second-order valence-corrected chi connectivity index (χ2v) is 6.56. The molecule has 4 nitrogen and oxygen atoms in total. The van der Waals surface area contributed by atoms with Crippen molar-refractivity contribution in [3.63, 3.8) is 0 Å². The maximum Gasteiger partial charge on any atom is 0.277 e. The Kier molecular flexibility index (Phi) is 9.90. The molecule has 0 aliphatic rings. The average molecular weight is 413 g/mol. The van der Waals surface area contributed by atoms with E-state index in [0.29, 0.717) is 17.3 Å². The Hall–Kier alpha value is -2.18. The lowest BCUT2D eigenvalue weighted by Crippen LogP contribution is -2.27. The zero-order valence-corrected chi connectivity index (χ0v) is 17.6. The fourth-order valence-corrected chi connectivity index (χ4v) is 2.42. The first-order valence-corrected chi connectivity index (χ1v) is 9.64. The van der Waals surface area contributed by atoms with Crippen LogP contribution in [0.2, 0.25) is 5.02 Å². The molecule has 2 aromatic carbocycles. The van der Waals surface area contributed by atoms with E-state index in [0.717, 1.165) is 18.1 Å². The molecule has 2 aromatic rings. The van der Waals surface area contributed by atoms with Crippen molar-refractivity contribution in [3.05, 3.63) is 58.1 Å². The van der Waals surface area contributed by atoms with Crippen LogP contribution in [0.15, 0.2) is 30.3 Å². The fraction of sp³-hybridized carbons (Fsp3) is 0.381. The Labute approximate surface area is 170 Å². The molecule has 2 N–H and O–H groups in total. The molecule has 0 spiro atoms. The molecule has 0 aliphatic heterocycles. The van der Waals surface area contributed by atoms with Crippen molar-refractivity contribution >= 4 is 28.9 Å². The molecule has 0 aliphatic carbocycles. The van der Waals surface area contributed by atoms with Gasteiger partial charge in [-0.25, -0.2) is 14.3 Å². The molecule has 154 valence electrons. The molecule has 7 heteroatoms. The first-order chi connectivity index (χ1) is 13.3. The minimum atomic E-state index is -1.17. The van der Waals surface area contributed by atoms with E-state index in [2.05, 4.69) is 10.8 Å².